The van der Waals surface area contributed by atoms with Gasteiger partial charge in [-0.25, -0.2) is 4.98 Å². The first-order valence-corrected chi connectivity index (χ1v) is 11.3. The quantitative estimate of drug-likeness (QED) is 0.349. The van der Waals surface area contributed by atoms with Crippen molar-refractivity contribution in [2.45, 2.75) is 19.3 Å². The number of anilines is 1. The van der Waals surface area contributed by atoms with Crippen molar-refractivity contribution in [2.24, 2.45) is 0 Å². The van der Waals surface area contributed by atoms with E-state index >= 15 is 0 Å². The summed E-state index contributed by atoms with van der Waals surface area (Å²) in [5, 5.41) is 3.01. The predicted molar refractivity (Wildman–Crippen MR) is 134 cm³/mol. The highest BCUT2D eigenvalue weighted by atomic mass is 19.4. The minimum atomic E-state index is -4.63. The largest absolute Gasteiger partial charge is 0.497 e. The molecule has 3 aromatic carbocycles. The van der Waals surface area contributed by atoms with Crippen molar-refractivity contribution < 1.29 is 22.7 Å². The van der Waals surface area contributed by atoms with Gasteiger partial charge in [0.2, 0.25) is 5.91 Å². The molecule has 0 aliphatic heterocycles. The summed E-state index contributed by atoms with van der Waals surface area (Å²) in [6, 6.07) is 19.0. The van der Waals surface area contributed by atoms with Crippen LogP contribution in [0.25, 0.3) is 21.9 Å². The second-order valence-electron chi connectivity index (χ2n) is 8.42. The molecule has 7 nitrogen and oxygen atoms in total. The van der Waals surface area contributed by atoms with Gasteiger partial charge in [-0.1, -0.05) is 42.5 Å². The summed E-state index contributed by atoms with van der Waals surface area (Å²) in [4.78, 5) is 31.0. The maximum Gasteiger partial charge on any atom is 0.418 e. The molecule has 0 aliphatic carbocycles. The average Bonchev–Trinajstić information content (AvgIpc) is 3.20. The SMILES string of the molecule is COc1ccc(Cn2cnc3c4ccccc4n(CC(=O)Nc4ccccc4C(F)(F)F)c3c2=O)cc1. The minimum Gasteiger partial charge on any atom is -0.497 e. The molecule has 0 spiro atoms. The van der Waals surface area contributed by atoms with Crippen LogP contribution in [0, 0.1) is 0 Å². The van der Waals surface area contributed by atoms with Gasteiger partial charge in [0, 0.05) is 5.39 Å². The van der Waals surface area contributed by atoms with E-state index in [1.807, 2.05) is 12.1 Å². The third-order valence-corrected chi connectivity index (χ3v) is 6.05. The number of hydrogen-bond acceptors (Lipinski definition) is 4. The van der Waals surface area contributed by atoms with Gasteiger partial charge in [0.05, 0.1) is 36.7 Å². The van der Waals surface area contributed by atoms with Crippen LogP contribution in [0.1, 0.15) is 11.1 Å². The van der Waals surface area contributed by atoms with Gasteiger partial charge in [0.1, 0.15) is 23.3 Å². The van der Waals surface area contributed by atoms with Crippen molar-refractivity contribution in [3.05, 3.63) is 101 Å². The Morgan fingerprint density at radius 1 is 1.00 bits per heavy atom. The Morgan fingerprint density at radius 3 is 2.43 bits per heavy atom. The highest BCUT2D eigenvalue weighted by Gasteiger charge is 2.33. The first kappa shape index (κ1) is 24.1. The number of nitrogens with one attached hydrogen (secondary N) is 1. The molecule has 1 amide bonds. The maximum atomic E-state index is 13.6. The predicted octanol–water partition coefficient (Wildman–Crippen LogP) is 5.07. The van der Waals surface area contributed by atoms with Gasteiger partial charge < -0.3 is 14.6 Å². The maximum absolute atomic E-state index is 13.6. The number of hydrogen-bond donors (Lipinski definition) is 1. The summed E-state index contributed by atoms with van der Waals surface area (Å²) < 4.78 is 48.3. The van der Waals surface area contributed by atoms with Crippen molar-refractivity contribution >= 4 is 33.5 Å². The Hall–Kier alpha value is -4.60. The molecule has 2 heterocycles. The molecule has 5 aromatic rings. The second-order valence-corrected chi connectivity index (χ2v) is 8.42. The number of para-hydroxylation sites is 2. The van der Waals surface area contributed by atoms with Gasteiger partial charge >= 0.3 is 6.18 Å². The molecule has 0 saturated carbocycles. The first-order chi connectivity index (χ1) is 17.8. The Kier molecular flexibility index (Phi) is 6.16. The molecule has 0 fully saturated rings. The van der Waals surface area contributed by atoms with Crippen molar-refractivity contribution in [1.82, 2.24) is 14.1 Å². The average molecular weight is 506 g/mol. The van der Waals surface area contributed by atoms with Crippen LogP contribution in [0.3, 0.4) is 0 Å². The molecule has 0 radical (unpaired) electrons. The van der Waals surface area contributed by atoms with Crippen LogP contribution in [0.15, 0.2) is 83.9 Å². The zero-order valence-corrected chi connectivity index (χ0v) is 19.6. The summed E-state index contributed by atoms with van der Waals surface area (Å²) in [6.07, 6.45) is -3.18. The molecule has 0 saturated heterocycles. The number of fused-ring (bicyclic) bond motifs is 3. The third-order valence-electron chi connectivity index (χ3n) is 6.05. The summed E-state index contributed by atoms with van der Waals surface area (Å²) >= 11 is 0. The Bertz CT molecular complexity index is 1670. The lowest BCUT2D eigenvalue weighted by molar-refractivity contribution is -0.137. The van der Waals surface area contributed by atoms with Crippen LogP contribution < -0.4 is 15.6 Å². The molecule has 0 unspecified atom stereocenters. The van der Waals surface area contributed by atoms with Crippen LogP contribution >= 0.6 is 0 Å². The molecular formula is C27H21F3N4O3. The molecule has 10 heteroatoms. The monoisotopic (exact) mass is 506 g/mol. The molecule has 5 rings (SSSR count). The topological polar surface area (TPSA) is 78.2 Å². The fraction of sp³-hybridized carbons (Fsp3) is 0.148. The van der Waals surface area contributed by atoms with Crippen LogP contribution in [0.5, 0.6) is 5.75 Å². The Morgan fingerprint density at radius 2 is 1.70 bits per heavy atom. The number of methoxy groups -OCH3 is 1. The van der Waals surface area contributed by atoms with E-state index in [2.05, 4.69) is 10.3 Å². The molecule has 0 aliphatic rings. The van der Waals surface area contributed by atoms with Gasteiger partial charge in [-0.15, -0.1) is 0 Å². The number of carbonyl (C=O) groups is 1. The zero-order chi connectivity index (χ0) is 26.2. The first-order valence-electron chi connectivity index (χ1n) is 11.3. The number of alkyl halides is 3. The summed E-state index contributed by atoms with van der Waals surface area (Å²) in [6.45, 7) is -0.141. The van der Waals surface area contributed by atoms with E-state index in [9.17, 15) is 22.8 Å². The number of halogens is 3. The lowest BCUT2D eigenvalue weighted by Crippen LogP contribution is -2.26. The fourth-order valence-corrected chi connectivity index (χ4v) is 4.33. The van der Waals surface area contributed by atoms with Gasteiger partial charge in [-0.2, -0.15) is 13.2 Å². The number of carbonyl (C=O) groups excluding carboxylic acids is 1. The van der Waals surface area contributed by atoms with E-state index < -0.39 is 17.6 Å². The Balaban J connectivity index is 1.54. The summed E-state index contributed by atoms with van der Waals surface area (Å²) in [7, 11) is 1.56. The van der Waals surface area contributed by atoms with Gasteiger partial charge in [0.15, 0.2) is 0 Å². The van der Waals surface area contributed by atoms with Gasteiger partial charge in [0.25, 0.3) is 5.56 Å². The van der Waals surface area contributed by atoms with Gasteiger partial charge in [-0.3, -0.25) is 14.2 Å². The number of benzene rings is 3. The van der Waals surface area contributed by atoms with Crippen molar-refractivity contribution in [3.63, 3.8) is 0 Å². The fourth-order valence-electron chi connectivity index (χ4n) is 4.33. The molecule has 2 aromatic heterocycles. The van der Waals surface area contributed by atoms with Crippen LogP contribution in [0.4, 0.5) is 18.9 Å². The van der Waals surface area contributed by atoms with Crippen LogP contribution in [0.2, 0.25) is 0 Å². The summed E-state index contributed by atoms with van der Waals surface area (Å²) in [5.74, 6) is -0.0211. The number of aromatic nitrogens is 3. The standard InChI is InChI=1S/C27H21F3N4O3/c1-37-18-12-10-17(11-13-18)14-33-16-31-24-19-6-2-5-9-22(19)34(25(24)26(33)36)15-23(35)32-21-8-4-3-7-20(21)27(28,29)30/h2-13,16H,14-15H2,1H3,(H,32,35). The number of rotatable bonds is 6. The summed E-state index contributed by atoms with van der Waals surface area (Å²) in [5.41, 5.74) is 0.341. The minimum absolute atomic E-state index is 0.191. The highest BCUT2D eigenvalue weighted by molar-refractivity contribution is 6.06. The van der Waals surface area contributed by atoms with E-state index in [-0.39, 0.29) is 29.9 Å². The van der Waals surface area contributed by atoms with Crippen LogP contribution in [-0.2, 0) is 24.1 Å². The van der Waals surface area contributed by atoms with E-state index in [1.54, 1.807) is 43.5 Å². The van der Waals surface area contributed by atoms with Crippen molar-refractivity contribution in [3.8, 4) is 5.75 Å². The lowest BCUT2D eigenvalue weighted by Gasteiger charge is -2.14. The van der Waals surface area contributed by atoms with Crippen molar-refractivity contribution in [1.29, 1.82) is 0 Å². The van der Waals surface area contributed by atoms with E-state index in [0.29, 0.717) is 22.2 Å². The molecule has 1 N–H and O–H groups in total. The normalized spacial score (nSPS) is 11.7. The smallest absolute Gasteiger partial charge is 0.418 e. The van der Waals surface area contributed by atoms with E-state index in [4.69, 9.17) is 4.74 Å². The van der Waals surface area contributed by atoms with Crippen molar-refractivity contribution in [2.75, 3.05) is 12.4 Å². The lowest BCUT2D eigenvalue weighted by atomic mass is 10.1. The number of nitrogens with zero attached hydrogens (tertiary/aromatic N) is 3. The highest BCUT2D eigenvalue weighted by Crippen LogP contribution is 2.34. The number of amides is 1. The van der Waals surface area contributed by atoms with Gasteiger partial charge in [-0.05, 0) is 35.9 Å². The molecule has 188 valence electrons. The van der Waals surface area contributed by atoms with Crippen LogP contribution in [-0.4, -0.2) is 27.1 Å². The molecular weight excluding hydrogens is 485 g/mol. The second kappa shape index (κ2) is 9.45. The third kappa shape index (κ3) is 4.65. The number of ether oxygens (including phenoxy) is 1. The Labute approximate surface area is 208 Å². The molecule has 0 bridgehead atoms. The van der Waals surface area contributed by atoms with E-state index in [1.165, 1.54) is 33.7 Å². The zero-order valence-electron chi connectivity index (χ0n) is 19.6. The molecule has 0 atom stereocenters. The van der Waals surface area contributed by atoms with E-state index in [0.717, 1.165) is 11.6 Å². The molecule has 37 heavy (non-hydrogen) atoms.